The standard InChI is InChI=1S/C19H29N3O4S/c1-5-21(6-2)27(25,26)18-13-16(11-10-14(18)3)20-19(24)17-9-7-8-12-22(17)15(4)23/h10-11,13,17H,5-9,12H2,1-4H3,(H,20,24)/t17-/m0/s1. The van der Waals surface area contributed by atoms with Crippen LogP contribution in [0.15, 0.2) is 23.1 Å². The van der Waals surface area contributed by atoms with Gasteiger partial charge in [-0.25, -0.2) is 8.42 Å². The van der Waals surface area contributed by atoms with Crippen molar-refractivity contribution in [2.75, 3.05) is 25.0 Å². The second-order valence-corrected chi connectivity index (χ2v) is 8.69. The molecule has 2 rings (SSSR count). The van der Waals surface area contributed by atoms with Crippen LogP contribution < -0.4 is 5.32 Å². The Morgan fingerprint density at radius 1 is 1.22 bits per heavy atom. The molecule has 1 N–H and O–H groups in total. The van der Waals surface area contributed by atoms with Crippen molar-refractivity contribution in [1.29, 1.82) is 0 Å². The number of hydrogen-bond donors (Lipinski definition) is 1. The molecule has 1 aromatic rings. The first kappa shape index (κ1) is 21.4. The molecular weight excluding hydrogens is 366 g/mol. The molecule has 2 amide bonds. The quantitative estimate of drug-likeness (QED) is 0.801. The third-order valence-electron chi connectivity index (χ3n) is 4.99. The second kappa shape index (κ2) is 8.84. The van der Waals surface area contributed by atoms with Crippen LogP contribution in [0.1, 0.15) is 45.6 Å². The smallest absolute Gasteiger partial charge is 0.247 e. The number of piperidine rings is 1. The number of amides is 2. The fourth-order valence-corrected chi connectivity index (χ4v) is 5.17. The molecule has 0 aromatic heterocycles. The van der Waals surface area contributed by atoms with Gasteiger partial charge in [0.25, 0.3) is 0 Å². The van der Waals surface area contributed by atoms with Gasteiger partial charge in [0.2, 0.25) is 21.8 Å². The number of benzene rings is 1. The van der Waals surface area contributed by atoms with Crippen LogP contribution in [0, 0.1) is 6.92 Å². The average molecular weight is 396 g/mol. The number of nitrogens with zero attached hydrogens (tertiary/aromatic N) is 2. The fourth-order valence-electron chi connectivity index (χ4n) is 3.46. The van der Waals surface area contributed by atoms with Crippen molar-refractivity contribution in [1.82, 2.24) is 9.21 Å². The highest BCUT2D eigenvalue weighted by Gasteiger charge is 2.31. The number of sulfonamides is 1. The molecule has 7 nitrogen and oxygen atoms in total. The van der Waals surface area contributed by atoms with E-state index in [2.05, 4.69) is 5.32 Å². The highest BCUT2D eigenvalue weighted by Crippen LogP contribution is 2.25. The largest absolute Gasteiger partial charge is 0.331 e. The van der Waals surface area contributed by atoms with E-state index >= 15 is 0 Å². The molecule has 8 heteroatoms. The first-order chi connectivity index (χ1) is 12.7. The number of hydrogen-bond acceptors (Lipinski definition) is 4. The van der Waals surface area contributed by atoms with Crippen LogP contribution in [0.5, 0.6) is 0 Å². The fraction of sp³-hybridized carbons (Fsp3) is 0.579. The Morgan fingerprint density at radius 3 is 2.48 bits per heavy atom. The Balaban J connectivity index is 2.28. The lowest BCUT2D eigenvalue weighted by atomic mass is 10.0. The molecule has 1 fully saturated rings. The topological polar surface area (TPSA) is 86.8 Å². The monoisotopic (exact) mass is 395 g/mol. The van der Waals surface area contributed by atoms with Gasteiger partial charge in [0.1, 0.15) is 6.04 Å². The molecule has 1 saturated heterocycles. The minimum Gasteiger partial charge on any atom is -0.331 e. The first-order valence-corrected chi connectivity index (χ1v) is 10.8. The van der Waals surface area contributed by atoms with Gasteiger partial charge in [0, 0.05) is 32.2 Å². The summed E-state index contributed by atoms with van der Waals surface area (Å²) in [5.41, 5.74) is 1.05. The van der Waals surface area contributed by atoms with Crippen molar-refractivity contribution < 1.29 is 18.0 Å². The molecule has 0 radical (unpaired) electrons. The summed E-state index contributed by atoms with van der Waals surface area (Å²) in [5.74, 6) is -0.400. The predicted octanol–water partition coefficient (Wildman–Crippen LogP) is 2.37. The van der Waals surface area contributed by atoms with Crippen molar-refractivity contribution in [3.63, 3.8) is 0 Å². The lowest BCUT2D eigenvalue weighted by molar-refractivity contribution is -0.138. The summed E-state index contributed by atoms with van der Waals surface area (Å²) in [7, 11) is -3.62. The zero-order valence-corrected chi connectivity index (χ0v) is 17.3. The van der Waals surface area contributed by atoms with Gasteiger partial charge in [-0.05, 0) is 43.9 Å². The number of anilines is 1. The van der Waals surface area contributed by atoms with Crippen molar-refractivity contribution in [2.24, 2.45) is 0 Å². The van der Waals surface area contributed by atoms with E-state index in [-0.39, 0.29) is 16.7 Å². The Labute approximate surface area is 161 Å². The average Bonchev–Trinajstić information content (AvgIpc) is 2.63. The van der Waals surface area contributed by atoms with E-state index in [4.69, 9.17) is 0 Å². The maximum absolute atomic E-state index is 12.9. The molecule has 150 valence electrons. The molecule has 0 bridgehead atoms. The van der Waals surface area contributed by atoms with Crippen molar-refractivity contribution in [3.8, 4) is 0 Å². The molecular formula is C19H29N3O4S. The summed E-state index contributed by atoms with van der Waals surface area (Å²) < 4.78 is 27.1. The molecule has 1 atom stereocenters. The minimum absolute atomic E-state index is 0.122. The maximum Gasteiger partial charge on any atom is 0.247 e. The molecule has 1 heterocycles. The molecule has 1 aliphatic rings. The van der Waals surface area contributed by atoms with E-state index in [1.54, 1.807) is 37.8 Å². The Kier molecular flexibility index (Phi) is 7.00. The third-order valence-corrected chi connectivity index (χ3v) is 7.18. The molecule has 27 heavy (non-hydrogen) atoms. The summed E-state index contributed by atoms with van der Waals surface area (Å²) in [6.45, 7) is 8.12. The number of likely N-dealkylation sites (tertiary alicyclic amines) is 1. The lowest BCUT2D eigenvalue weighted by Gasteiger charge is -2.34. The van der Waals surface area contributed by atoms with Crippen LogP contribution in [-0.2, 0) is 19.6 Å². The van der Waals surface area contributed by atoms with Gasteiger partial charge in [0.05, 0.1) is 4.90 Å². The molecule has 1 aliphatic heterocycles. The van der Waals surface area contributed by atoms with Crippen molar-refractivity contribution >= 4 is 27.5 Å². The SMILES string of the molecule is CCN(CC)S(=O)(=O)c1cc(NC(=O)[C@@H]2CCCCN2C(C)=O)ccc1C. The number of rotatable bonds is 6. The summed E-state index contributed by atoms with van der Waals surface area (Å²) in [6, 6.07) is 4.37. The van der Waals surface area contributed by atoms with Gasteiger partial charge in [-0.1, -0.05) is 19.9 Å². The molecule has 0 aliphatic carbocycles. The van der Waals surface area contributed by atoms with Crippen LogP contribution in [0.25, 0.3) is 0 Å². The number of carbonyl (C=O) groups is 2. The van der Waals surface area contributed by atoms with Crippen molar-refractivity contribution in [3.05, 3.63) is 23.8 Å². The van der Waals surface area contributed by atoms with Crippen LogP contribution in [-0.4, -0.2) is 55.1 Å². The molecule has 0 spiro atoms. The number of nitrogens with one attached hydrogen (secondary N) is 1. The van der Waals surface area contributed by atoms with Crippen molar-refractivity contribution in [2.45, 2.75) is 57.9 Å². The van der Waals surface area contributed by atoms with Crippen LogP contribution in [0.4, 0.5) is 5.69 Å². The van der Waals surface area contributed by atoms with E-state index < -0.39 is 16.1 Å². The molecule has 0 saturated carbocycles. The second-order valence-electron chi connectivity index (χ2n) is 6.78. The highest BCUT2D eigenvalue weighted by molar-refractivity contribution is 7.89. The first-order valence-electron chi connectivity index (χ1n) is 9.41. The highest BCUT2D eigenvalue weighted by atomic mass is 32.2. The zero-order valence-electron chi connectivity index (χ0n) is 16.5. The summed E-state index contributed by atoms with van der Waals surface area (Å²) >= 11 is 0. The molecule has 0 unspecified atom stereocenters. The number of carbonyl (C=O) groups excluding carboxylic acids is 2. The Morgan fingerprint density at radius 2 is 1.89 bits per heavy atom. The van der Waals surface area contributed by atoms with Gasteiger partial charge in [0.15, 0.2) is 0 Å². The normalized spacial score (nSPS) is 17.8. The van der Waals surface area contributed by atoms with Gasteiger partial charge < -0.3 is 10.2 Å². The van der Waals surface area contributed by atoms with Gasteiger partial charge >= 0.3 is 0 Å². The predicted molar refractivity (Wildman–Crippen MR) is 105 cm³/mol. The summed E-state index contributed by atoms with van der Waals surface area (Å²) in [5, 5.41) is 2.80. The van der Waals surface area contributed by atoms with Crippen LogP contribution in [0.2, 0.25) is 0 Å². The summed E-state index contributed by atoms with van der Waals surface area (Å²) in [6.07, 6.45) is 2.39. The number of aryl methyl sites for hydroxylation is 1. The van der Waals surface area contributed by atoms with E-state index in [1.807, 2.05) is 0 Å². The Bertz CT molecular complexity index is 803. The third kappa shape index (κ3) is 4.68. The van der Waals surface area contributed by atoms with Crippen LogP contribution >= 0.6 is 0 Å². The van der Waals surface area contributed by atoms with Crippen LogP contribution in [0.3, 0.4) is 0 Å². The Hall–Kier alpha value is -1.93. The maximum atomic E-state index is 12.9. The van der Waals surface area contributed by atoms with Gasteiger partial charge in [-0.15, -0.1) is 0 Å². The molecule has 1 aromatic carbocycles. The minimum atomic E-state index is -3.62. The van der Waals surface area contributed by atoms with E-state index in [0.29, 0.717) is 37.3 Å². The van der Waals surface area contributed by atoms with E-state index in [1.165, 1.54) is 17.3 Å². The lowest BCUT2D eigenvalue weighted by Crippen LogP contribution is -2.49. The van der Waals surface area contributed by atoms with Gasteiger partial charge in [-0.2, -0.15) is 4.31 Å². The summed E-state index contributed by atoms with van der Waals surface area (Å²) in [4.78, 5) is 26.3. The van der Waals surface area contributed by atoms with E-state index in [0.717, 1.165) is 12.8 Å². The van der Waals surface area contributed by atoms with E-state index in [9.17, 15) is 18.0 Å². The zero-order chi connectivity index (χ0) is 20.2. The van der Waals surface area contributed by atoms with Gasteiger partial charge in [-0.3, -0.25) is 9.59 Å².